The number of nitrogens with one attached hydrogen (secondary N) is 1. The lowest BCUT2D eigenvalue weighted by atomic mass is 10.3. The van der Waals surface area contributed by atoms with Crippen LogP contribution >= 0.6 is 0 Å². The summed E-state index contributed by atoms with van der Waals surface area (Å²) in [5, 5.41) is 7.37. The van der Waals surface area contributed by atoms with Gasteiger partial charge in [-0.15, -0.1) is 0 Å². The second-order valence-corrected chi connectivity index (χ2v) is 3.81. The van der Waals surface area contributed by atoms with Crippen molar-refractivity contribution in [1.29, 1.82) is 0 Å². The summed E-state index contributed by atoms with van der Waals surface area (Å²) in [5.41, 5.74) is 0. The molecular weight excluding hydrogens is 218 g/mol. The van der Waals surface area contributed by atoms with E-state index in [-0.39, 0.29) is 0 Å². The SMILES string of the molecule is c1nc(N2CCNCC2)cc(-n2cncn2)n1. The molecule has 0 radical (unpaired) electrons. The summed E-state index contributed by atoms with van der Waals surface area (Å²) in [6.07, 6.45) is 4.69. The number of nitrogens with zero attached hydrogens (tertiary/aromatic N) is 6. The van der Waals surface area contributed by atoms with Gasteiger partial charge in [0.25, 0.3) is 0 Å². The van der Waals surface area contributed by atoms with Crippen LogP contribution in [0.15, 0.2) is 25.0 Å². The van der Waals surface area contributed by atoms with Crippen LogP contribution in [0.4, 0.5) is 5.82 Å². The molecule has 1 N–H and O–H groups in total. The van der Waals surface area contributed by atoms with E-state index in [4.69, 9.17) is 0 Å². The largest absolute Gasteiger partial charge is 0.354 e. The Morgan fingerprint density at radius 3 is 2.65 bits per heavy atom. The number of anilines is 1. The highest BCUT2D eigenvalue weighted by molar-refractivity contribution is 5.43. The first-order valence-electron chi connectivity index (χ1n) is 5.56. The summed E-state index contributed by atoms with van der Waals surface area (Å²) in [6.45, 7) is 3.91. The molecule has 1 aliphatic rings. The number of rotatable bonds is 2. The first kappa shape index (κ1) is 10.2. The first-order valence-corrected chi connectivity index (χ1v) is 5.56. The van der Waals surface area contributed by atoms with Crippen molar-refractivity contribution in [1.82, 2.24) is 30.0 Å². The van der Waals surface area contributed by atoms with Gasteiger partial charge < -0.3 is 10.2 Å². The van der Waals surface area contributed by atoms with Gasteiger partial charge in [-0.3, -0.25) is 0 Å². The summed E-state index contributed by atoms with van der Waals surface area (Å²) in [5.74, 6) is 1.68. The fourth-order valence-electron chi connectivity index (χ4n) is 1.86. The molecule has 0 unspecified atom stereocenters. The molecule has 17 heavy (non-hydrogen) atoms. The highest BCUT2D eigenvalue weighted by Gasteiger charge is 2.12. The maximum atomic E-state index is 4.30. The maximum Gasteiger partial charge on any atom is 0.160 e. The van der Waals surface area contributed by atoms with E-state index in [9.17, 15) is 0 Å². The Kier molecular flexibility index (Phi) is 2.66. The van der Waals surface area contributed by atoms with Gasteiger partial charge in [0.05, 0.1) is 0 Å². The Labute approximate surface area is 98.5 Å². The zero-order chi connectivity index (χ0) is 11.5. The van der Waals surface area contributed by atoms with Crippen molar-refractivity contribution in [3.63, 3.8) is 0 Å². The molecule has 88 valence electrons. The van der Waals surface area contributed by atoms with Gasteiger partial charge in [0.1, 0.15) is 24.8 Å². The molecule has 2 aromatic rings. The van der Waals surface area contributed by atoms with E-state index in [1.54, 1.807) is 17.3 Å². The van der Waals surface area contributed by atoms with Crippen LogP contribution in [0.3, 0.4) is 0 Å². The van der Waals surface area contributed by atoms with Crippen molar-refractivity contribution < 1.29 is 0 Å². The topological polar surface area (TPSA) is 71.8 Å². The molecule has 7 nitrogen and oxygen atoms in total. The molecule has 0 atom stereocenters. The smallest absolute Gasteiger partial charge is 0.160 e. The predicted octanol–water partition coefficient (Wildman–Crippen LogP) is -0.533. The van der Waals surface area contributed by atoms with E-state index >= 15 is 0 Å². The van der Waals surface area contributed by atoms with Crippen LogP contribution in [0.2, 0.25) is 0 Å². The Morgan fingerprint density at radius 1 is 1.06 bits per heavy atom. The molecule has 0 aromatic carbocycles. The van der Waals surface area contributed by atoms with Crippen LogP contribution in [0.1, 0.15) is 0 Å². The highest BCUT2D eigenvalue weighted by atomic mass is 15.3. The Hall–Kier alpha value is -2.02. The third-order valence-electron chi connectivity index (χ3n) is 2.73. The van der Waals surface area contributed by atoms with Crippen LogP contribution < -0.4 is 10.2 Å². The predicted molar refractivity (Wildman–Crippen MR) is 62.0 cm³/mol. The molecule has 1 saturated heterocycles. The summed E-state index contributed by atoms with van der Waals surface area (Å²) in [6, 6.07) is 1.93. The van der Waals surface area contributed by atoms with Gasteiger partial charge in [0, 0.05) is 32.2 Å². The average molecular weight is 231 g/mol. The normalized spacial score (nSPS) is 16.1. The van der Waals surface area contributed by atoms with Gasteiger partial charge in [0.15, 0.2) is 5.82 Å². The van der Waals surface area contributed by atoms with Gasteiger partial charge in [-0.1, -0.05) is 0 Å². The molecule has 0 bridgehead atoms. The van der Waals surface area contributed by atoms with E-state index in [1.807, 2.05) is 6.07 Å². The summed E-state index contributed by atoms with van der Waals surface area (Å²) < 4.78 is 1.63. The molecule has 2 aromatic heterocycles. The molecule has 3 rings (SSSR count). The number of hydrogen-bond acceptors (Lipinski definition) is 6. The third kappa shape index (κ3) is 2.09. The molecule has 1 fully saturated rings. The Balaban J connectivity index is 1.88. The van der Waals surface area contributed by atoms with Crippen LogP contribution in [0.5, 0.6) is 0 Å². The molecule has 7 heteroatoms. The van der Waals surface area contributed by atoms with Crippen molar-refractivity contribution in [3.8, 4) is 5.82 Å². The number of piperazine rings is 1. The van der Waals surface area contributed by atoms with Crippen molar-refractivity contribution >= 4 is 5.82 Å². The van der Waals surface area contributed by atoms with Crippen LogP contribution in [0, 0.1) is 0 Å². The van der Waals surface area contributed by atoms with Gasteiger partial charge in [-0.05, 0) is 0 Å². The fourth-order valence-corrected chi connectivity index (χ4v) is 1.86. The highest BCUT2D eigenvalue weighted by Crippen LogP contribution is 2.13. The van der Waals surface area contributed by atoms with E-state index in [0.29, 0.717) is 0 Å². The third-order valence-corrected chi connectivity index (χ3v) is 2.73. The van der Waals surface area contributed by atoms with Crippen LogP contribution in [-0.2, 0) is 0 Å². The first-order chi connectivity index (χ1) is 8.43. The standard InChI is InChI=1S/C10H13N7/c1-3-16(4-2-11-1)9-5-10(14-7-13-9)17-8-12-6-15-17/h5-8,11H,1-4H2. The Morgan fingerprint density at radius 2 is 1.88 bits per heavy atom. The monoisotopic (exact) mass is 231 g/mol. The van der Waals surface area contributed by atoms with Gasteiger partial charge in [-0.2, -0.15) is 5.10 Å². The minimum absolute atomic E-state index is 0.742. The second kappa shape index (κ2) is 4.46. The number of aromatic nitrogens is 5. The molecule has 0 aliphatic carbocycles. The van der Waals surface area contributed by atoms with Gasteiger partial charge in [0.2, 0.25) is 0 Å². The summed E-state index contributed by atoms with van der Waals surface area (Å²) >= 11 is 0. The fraction of sp³-hybridized carbons (Fsp3) is 0.400. The van der Waals surface area contributed by atoms with Crippen LogP contribution in [0.25, 0.3) is 5.82 Å². The quantitative estimate of drug-likeness (QED) is 0.749. The lowest BCUT2D eigenvalue weighted by Gasteiger charge is -2.28. The number of hydrogen-bond donors (Lipinski definition) is 1. The zero-order valence-corrected chi connectivity index (χ0v) is 9.32. The van der Waals surface area contributed by atoms with E-state index < -0.39 is 0 Å². The second-order valence-electron chi connectivity index (χ2n) is 3.81. The van der Waals surface area contributed by atoms with E-state index in [0.717, 1.165) is 37.8 Å². The van der Waals surface area contributed by atoms with Gasteiger partial charge >= 0.3 is 0 Å². The summed E-state index contributed by atoms with van der Waals surface area (Å²) in [4.78, 5) is 14.6. The van der Waals surface area contributed by atoms with Gasteiger partial charge in [-0.25, -0.2) is 19.6 Å². The molecule has 1 aliphatic heterocycles. The lowest BCUT2D eigenvalue weighted by molar-refractivity contribution is 0.584. The maximum absolute atomic E-state index is 4.30. The van der Waals surface area contributed by atoms with Crippen molar-refractivity contribution in [2.24, 2.45) is 0 Å². The Bertz CT molecular complexity index is 475. The van der Waals surface area contributed by atoms with Crippen molar-refractivity contribution in [3.05, 3.63) is 25.0 Å². The molecule has 0 amide bonds. The lowest BCUT2D eigenvalue weighted by Crippen LogP contribution is -2.43. The minimum Gasteiger partial charge on any atom is -0.354 e. The zero-order valence-electron chi connectivity index (χ0n) is 9.32. The van der Waals surface area contributed by atoms with Crippen molar-refractivity contribution in [2.75, 3.05) is 31.1 Å². The van der Waals surface area contributed by atoms with E-state index in [2.05, 4.69) is 30.3 Å². The van der Waals surface area contributed by atoms with Crippen LogP contribution in [-0.4, -0.2) is 50.9 Å². The molecule has 0 spiro atoms. The molecule has 3 heterocycles. The molecular formula is C10H13N7. The summed E-state index contributed by atoms with van der Waals surface area (Å²) in [7, 11) is 0. The van der Waals surface area contributed by atoms with Crippen molar-refractivity contribution in [2.45, 2.75) is 0 Å². The van der Waals surface area contributed by atoms with E-state index in [1.165, 1.54) is 6.33 Å². The minimum atomic E-state index is 0.742. The molecule has 0 saturated carbocycles. The average Bonchev–Trinajstić information content (AvgIpc) is 2.94.